The molecule has 6 nitrogen and oxygen atoms in total. The van der Waals surface area contributed by atoms with E-state index in [4.69, 9.17) is 0 Å². The van der Waals surface area contributed by atoms with Crippen molar-refractivity contribution in [1.82, 2.24) is 9.99 Å². The van der Waals surface area contributed by atoms with E-state index in [9.17, 15) is 14.7 Å². The number of amides is 1. The molecule has 0 radical (unpaired) electrons. The van der Waals surface area contributed by atoms with Crippen LogP contribution in [0.4, 0.5) is 0 Å². The van der Waals surface area contributed by atoms with Crippen molar-refractivity contribution in [3.8, 4) is 5.75 Å². The normalized spacial score (nSPS) is 11.2. The van der Waals surface area contributed by atoms with E-state index in [1.165, 1.54) is 10.8 Å². The van der Waals surface area contributed by atoms with Crippen molar-refractivity contribution in [3.63, 3.8) is 0 Å². The van der Waals surface area contributed by atoms with E-state index >= 15 is 0 Å². The minimum Gasteiger partial charge on any atom is -0.506 e. The molecule has 3 rings (SSSR count). The number of aryl methyl sites for hydroxylation is 1. The summed E-state index contributed by atoms with van der Waals surface area (Å²) in [5, 5.41) is 14.9. The largest absolute Gasteiger partial charge is 0.506 e. The highest BCUT2D eigenvalue weighted by Crippen LogP contribution is 2.26. The molecule has 0 spiro atoms. The van der Waals surface area contributed by atoms with Gasteiger partial charge in [0.25, 0.3) is 11.5 Å². The third-order valence-corrected chi connectivity index (χ3v) is 4.54. The number of benzene rings is 2. The average molecular weight is 428 g/mol. The Balaban J connectivity index is 1.98. The summed E-state index contributed by atoms with van der Waals surface area (Å²) in [5.41, 5.74) is 2.84. The summed E-state index contributed by atoms with van der Waals surface area (Å²) in [7, 11) is 0. The number of carbonyl (C=O) groups excluding carboxylic acids is 1. The molecule has 2 aromatic carbocycles. The van der Waals surface area contributed by atoms with Crippen LogP contribution in [0.15, 0.2) is 62.9 Å². The molecule has 1 amide bonds. The Morgan fingerprint density at radius 2 is 2.04 bits per heavy atom. The van der Waals surface area contributed by atoms with E-state index in [0.29, 0.717) is 17.4 Å². The van der Waals surface area contributed by atoms with Gasteiger partial charge in [-0.1, -0.05) is 47.1 Å². The molecule has 0 bridgehead atoms. The number of nitrogens with one attached hydrogen (secondary N) is 1. The van der Waals surface area contributed by atoms with Gasteiger partial charge in [0.2, 0.25) is 0 Å². The fourth-order valence-corrected chi connectivity index (χ4v) is 3.27. The van der Waals surface area contributed by atoms with Crippen LogP contribution in [0.25, 0.3) is 10.9 Å². The molecular weight excluding hydrogens is 410 g/mol. The van der Waals surface area contributed by atoms with Crippen molar-refractivity contribution in [3.05, 3.63) is 74.5 Å². The van der Waals surface area contributed by atoms with Crippen LogP contribution in [0.2, 0.25) is 0 Å². The smallest absolute Gasteiger partial charge is 0.280 e. The van der Waals surface area contributed by atoms with Gasteiger partial charge in [-0.2, -0.15) is 5.10 Å². The molecule has 1 heterocycles. The van der Waals surface area contributed by atoms with Crippen LogP contribution < -0.4 is 11.0 Å². The van der Waals surface area contributed by atoms with E-state index in [2.05, 4.69) is 26.5 Å². The Labute approximate surface area is 164 Å². The molecule has 7 heteroatoms. The van der Waals surface area contributed by atoms with E-state index in [-0.39, 0.29) is 11.3 Å². The van der Waals surface area contributed by atoms with Crippen LogP contribution in [0.3, 0.4) is 0 Å². The Hall–Kier alpha value is -2.93. The fraction of sp³-hybridized carbons (Fsp3) is 0.150. The molecule has 3 aromatic rings. The summed E-state index contributed by atoms with van der Waals surface area (Å²) < 4.78 is 2.38. The van der Waals surface area contributed by atoms with Crippen LogP contribution in [-0.4, -0.2) is 21.8 Å². The molecule has 27 heavy (non-hydrogen) atoms. The van der Waals surface area contributed by atoms with Crippen LogP contribution >= 0.6 is 15.9 Å². The first-order valence-electron chi connectivity index (χ1n) is 8.46. The molecule has 1 aromatic heterocycles. The maximum atomic E-state index is 12.8. The Bertz CT molecular complexity index is 1090. The number of aromatic nitrogens is 1. The number of nitrogens with zero attached hydrogens (tertiary/aromatic N) is 2. The minimum atomic E-state index is -0.751. The molecular formula is C20H18BrN3O3. The van der Waals surface area contributed by atoms with Gasteiger partial charge in [-0.3, -0.25) is 9.59 Å². The van der Waals surface area contributed by atoms with E-state index in [1.807, 2.05) is 31.2 Å². The van der Waals surface area contributed by atoms with Crippen LogP contribution in [-0.2, 0) is 6.54 Å². The zero-order chi connectivity index (χ0) is 19.4. The van der Waals surface area contributed by atoms with Crippen molar-refractivity contribution in [1.29, 1.82) is 0 Å². The quantitative estimate of drug-likeness (QED) is 0.481. The summed E-state index contributed by atoms with van der Waals surface area (Å²) in [4.78, 5) is 25.3. The molecule has 0 aliphatic carbocycles. The second-order valence-corrected chi connectivity index (χ2v) is 6.87. The Morgan fingerprint density at radius 1 is 1.26 bits per heavy atom. The van der Waals surface area contributed by atoms with Crippen LogP contribution in [0, 0.1) is 0 Å². The van der Waals surface area contributed by atoms with E-state index in [0.717, 1.165) is 16.5 Å². The molecule has 0 aliphatic heterocycles. The molecule has 0 atom stereocenters. The van der Waals surface area contributed by atoms with Gasteiger partial charge in [0.15, 0.2) is 0 Å². The number of pyridine rings is 1. The summed E-state index contributed by atoms with van der Waals surface area (Å²) in [6, 6.07) is 14.3. The number of halogens is 1. The van der Waals surface area contributed by atoms with Gasteiger partial charge in [0.05, 0.1) is 11.7 Å². The van der Waals surface area contributed by atoms with Crippen molar-refractivity contribution in [2.24, 2.45) is 5.10 Å². The predicted molar refractivity (Wildman–Crippen MR) is 109 cm³/mol. The first-order valence-corrected chi connectivity index (χ1v) is 9.25. The minimum absolute atomic E-state index is 0.312. The van der Waals surface area contributed by atoms with Crippen molar-refractivity contribution < 1.29 is 9.90 Å². The number of carbonyl (C=O) groups is 1. The molecule has 0 fully saturated rings. The summed E-state index contributed by atoms with van der Waals surface area (Å²) in [6.07, 6.45) is 2.18. The highest BCUT2D eigenvalue weighted by Gasteiger charge is 2.21. The highest BCUT2D eigenvalue weighted by atomic mass is 79.9. The summed E-state index contributed by atoms with van der Waals surface area (Å²) in [5.74, 6) is -1.09. The molecule has 0 saturated carbocycles. The number of rotatable bonds is 5. The second kappa shape index (κ2) is 8.18. The molecule has 2 N–H and O–H groups in total. The zero-order valence-electron chi connectivity index (χ0n) is 14.6. The first kappa shape index (κ1) is 18.8. The monoisotopic (exact) mass is 427 g/mol. The van der Waals surface area contributed by atoms with Gasteiger partial charge in [-0.25, -0.2) is 5.43 Å². The zero-order valence-corrected chi connectivity index (χ0v) is 16.2. The standard InChI is InChI=1S/C20H18BrN3O3/c1-2-10-24-16-9-4-3-8-15(16)18(25)17(20(24)27)19(26)23-22-12-13-6-5-7-14(21)11-13/h3-9,11-12,25H,2,10H2,1H3,(H,23,26)/b22-12+. The van der Waals surface area contributed by atoms with Gasteiger partial charge >= 0.3 is 0 Å². The topological polar surface area (TPSA) is 83.7 Å². The van der Waals surface area contributed by atoms with Gasteiger partial charge in [-0.05, 0) is 36.2 Å². The molecule has 0 unspecified atom stereocenters. The third kappa shape index (κ3) is 3.93. The highest BCUT2D eigenvalue weighted by molar-refractivity contribution is 9.10. The van der Waals surface area contributed by atoms with E-state index in [1.54, 1.807) is 24.3 Å². The maximum absolute atomic E-state index is 12.8. The lowest BCUT2D eigenvalue weighted by Gasteiger charge is -2.13. The number of para-hydroxylation sites is 1. The SMILES string of the molecule is CCCn1c(=O)c(C(=O)N/N=C/c2cccc(Br)c2)c(O)c2ccccc21. The van der Waals surface area contributed by atoms with Crippen molar-refractivity contribution in [2.45, 2.75) is 19.9 Å². The predicted octanol–water partition coefficient (Wildman–Crippen LogP) is 3.64. The van der Waals surface area contributed by atoms with E-state index < -0.39 is 11.5 Å². The van der Waals surface area contributed by atoms with Crippen molar-refractivity contribution >= 4 is 39.0 Å². The van der Waals surface area contributed by atoms with Gasteiger partial charge < -0.3 is 9.67 Å². The van der Waals surface area contributed by atoms with Crippen LogP contribution in [0.1, 0.15) is 29.3 Å². The maximum Gasteiger partial charge on any atom is 0.280 e. The number of hydrogen-bond donors (Lipinski definition) is 2. The second-order valence-electron chi connectivity index (χ2n) is 5.95. The number of hydrazone groups is 1. The van der Waals surface area contributed by atoms with Crippen LogP contribution in [0.5, 0.6) is 5.75 Å². The first-order chi connectivity index (χ1) is 13.0. The molecule has 0 aliphatic rings. The average Bonchev–Trinajstić information content (AvgIpc) is 2.65. The van der Waals surface area contributed by atoms with Crippen molar-refractivity contribution in [2.75, 3.05) is 0 Å². The van der Waals surface area contributed by atoms with Gasteiger partial charge in [-0.15, -0.1) is 0 Å². The van der Waals surface area contributed by atoms with Gasteiger partial charge in [0, 0.05) is 16.4 Å². The number of fused-ring (bicyclic) bond motifs is 1. The Morgan fingerprint density at radius 3 is 2.78 bits per heavy atom. The lowest BCUT2D eigenvalue weighted by atomic mass is 10.1. The number of hydrogen-bond acceptors (Lipinski definition) is 4. The fourth-order valence-electron chi connectivity index (χ4n) is 2.85. The van der Waals surface area contributed by atoms with Gasteiger partial charge in [0.1, 0.15) is 11.3 Å². The Kier molecular flexibility index (Phi) is 5.71. The number of aromatic hydroxyl groups is 1. The molecule has 0 saturated heterocycles. The third-order valence-electron chi connectivity index (χ3n) is 4.05. The summed E-state index contributed by atoms with van der Waals surface area (Å²) in [6.45, 7) is 2.39. The summed E-state index contributed by atoms with van der Waals surface area (Å²) >= 11 is 3.36. The molecule has 138 valence electrons. The lowest BCUT2D eigenvalue weighted by Crippen LogP contribution is -2.31. The lowest BCUT2D eigenvalue weighted by molar-refractivity contribution is 0.0950.